The third-order valence-corrected chi connectivity index (χ3v) is 5.96. The normalized spacial score (nSPS) is 36.4. The van der Waals surface area contributed by atoms with Crippen molar-refractivity contribution in [2.45, 2.75) is 38.6 Å². The highest BCUT2D eigenvalue weighted by Gasteiger charge is 2.52. The van der Waals surface area contributed by atoms with Gasteiger partial charge in [0.1, 0.15) is 6.04 Å². The number of amides is 1. The van der Waals surface area contributed by atoms with E-state index in [2.05, 4.69) is 16.9 Å². The monoisotopic (exact) mass is 273 g/mol. The maximum atomic E-state index is 12.8. The van der Waals surface area contributed by atoms with Crippen molar-refractivity contribution in [2.75, 3.05) is 13.1 Å². The van der Waals surface area contributed by atoms with Gasteiger partial charge >= 0.3 is 0 Å². The van der Waals surface area contributed by atoms with Crippen molar-refractivity contribution in [3.63, 3.8) is 0 Å². The maximum Gasteiger partial charge on any atom is 0.247 e. The molecule has 2 saturated carbocycles. The Kier molecular flexibility index (Phi) is 2.86. The molecule has 1 amide bonds. The minimum atomic E-state index is -0.110. The van der Waals surface area contributed by atoms with E-state index in [1.54, 1.807) is 6.20 Å². The molecule has 2 aliphatic carbocycles. The second-order valence-electron chi connectivity index (χ2n) is 6.81. The first-order valence-electron chi connectivity index (χ1n) is 8.05. The molecule has 0 radical (unpaired) electrons. The topological polar surface area (TPSA) is 38.1 Å². The second-order valence-corrected chi connectivity index (χ2v) is 6.81. The molecule has 1 aromatic heterocycles. The van der Waals surface area contributed by atoms with Gasteiger partial charge in [0, 0.05) is 25.5 Å². The molecule has 0 unspecified atom stereocenters. The van der Waals surface area contributed by atoms with Crippen molar-refractivity contribution >= 4 is 5.91 Å². The lowest BCUT2D eigenvalue weighted by molar-refractivity contribution is -0.134. The van der Waals surface area contributed by atoms with Gasteiger partial charge in [-0.25, -0.2) is 0 Å². The van der Waals surface area contributed by atoms with E-state index in [-0.39, 0.29) is 11.9 Å². The minimum Gasteiger partial charge on any atom is -0.340 e. The molecule has 0 aromatic carbocycles. The summed E-state index contributed by atoms with van der Waals surface area (Å²) < 4.78 is 1.82. The molecular formula is C16H23N3O. The first-order valence-corrected chi connectivity index (χ1v) is 8.05. The molecule has 1 saturated heterocycles. The lowest BCUT2D eigenvalue weighted by Crippen LogP contribution is -2.36. The predicted molar refractivity (Wildman–Crippen MR) is 75.9 cm³/mol. The van der Waals surface area contributed by atoms with Gasteiger partial charge in [0.15, 0.2) is 0 Å². The van der Waals surface area contributed by atoms with Gasteiger partial charge < -0.3 is 4.90 Å². The standard InChI is InChI=1S/C16H23N3O/c1-2-15(19-7-3-6-17-19)16(20)18-9-13-11-4-5-12(8-11)14(13)10-18/h3,6-7,11-15H,2,4-5,8-10H2,1H3/t11-,12+,13-,14+,15-/m1/s1. The van der Waals surface area contributed by atoms with Crippen molar-refractivity contribution < 1.29 is 4.79 Å². The van der Waals surface area contributed by atoms with E-state index in [1.165, 1.54) is 19.3 Å². The molecule has 4 nitrogen and oxygen atoms in total. The third-order valence-electron chi connectivity index (χ3n) is 5.96. The lowest BCUT2D eigenvalue weighted by atomic mass is 9.82. The summed E-state index contributed by atoms with van der Waals surface area (Å²) in [6.07, 6.45) is 8.74. The Morgan fingerprint density at radius 3 is 2.55 bits per heavy atom. The van der Waals surface area contributed by atoms with E-state index in [0.29, 0.717) is 0 Å². The lowest BCUT2D eigenvalue weighted by Gasteiger charge is -2.24. The molecule has 108 valence electrons. The fourth-order valence-electron chi connectivity index (χ4n) is 5.01. The zero-order valence-electron chi connectivity index (χ0n) is 12.1. The molecule has 0 spiro atoms. The number of nitrogens with zero attached hydrogens (tertiary/aromatic N) is 3. The Balaban J connectivity index is 1.50. The average molecular weight is 273 g/mol. The Morgan fingerprint density at radius 1 is 1.30 bits per heavy atom. The Morgan fingerprint density at radius 2 is 2.00 bits per heavy atom. The van der Waals surface area contributed by atoms with Crippen molar-refractivity contribution in [1.82, 2.24) is 14.7 Å². The van der Waals surface area contributed by atoms with Crippen molar-refractivity contribution in [1.29, 1.82) is 0 Å². The minimum absolute atomic E-state index is 0.110. The van der Waals surface area contributed by atoms with E-state index in [1.807, 2.05) is 16.9 Å². The number of hydrogen-bond acceptors (Lipinski definition) is 2. The van der Waals surface area contributed by atoms with Crippen LogP contribution in [0.15, 0.2) is 18.5 Å². The summed E-state index contributed by atoms with van der Waals surface area (Å²) in [5, 5.41) is 4.26. The van der Waals surface area contributed by atoms with Crippen LogP contribution in [0.1, 0.15) is 38.6 Å². The SMILES string of the molecule is CC[C@H](C(=O)N1C[C@@H]2[C@@H]3CC[C@@H](C3)[C@@H]2C1)n1cccn1. The number of likely N-dealkylation sites (tertiary alicyclic amines) is 1. The van der Waals surface area contributed by atoms with Crippen molar-refractivity contribution in [2.24, 2.45) is 23.7 Å². The largest absolute Gasteiger partial charge is 0.340 e. The highest BCUT2D eigenvalue weighted by molar-refractivity contribution is 5.80. The number of rotatable bonds is 3. The zero-order chi connectivity index (χ0) is 13.7. The number of fused-ring (bicyclic) bond motifs is 5. The quantitative estimate of drug-likeness (QED) is 0.848. The fourth-order valence-corrected chi connectivity index (χ4v) is 5.01. The first kappa shape index (κ1) is 12.4. The summed E-state index contributed by atoms with van der Waals surface area (Å²) in [7, 11) is 0. The van der Waals surface area contributed by atoms with E-state index in [0.717, 1.165) is 43.2 Å². The highest BCUT2D eigenvalue weighted by atomic mass is 16.2. The number of aromatic nitrogens is 2. The molecule has 4 heteroatoms. The van der Waals surface area contributed by atoms with E-state index >= 15 is 0 Å². The van der Waals surface area contributed by atoms with Crippen LogP contribution in [0.2, 0.25) is 0 Å². The molecule has 1 aromatic rings. The highest BCUT2D eigenvalue weighted by Crippen LogP contribution is 2.55. The summed E-state index contributed by atoms with van der Waals surface area (Å²) in [6.45, 7) is 4.08. The van der Waals surface area contributed by atoms with Crippen LogP contribution in [-0.2, 0) is 4.79 Å². The van der Waals surface area contributed by atoms with Gasteiger partial charge in [-0.3, -0.25) is 9.48 Å². The Hall–Kier alpha value is -1.32. The van der Waals surface area contributed by atoms with Crippen LogP contribution in [0.5, 0.6) is 0 Å². The van der Waals surface area contributed by atoms with Gasteiger partial charge in [0.25, 0.3) is 0 Å². The van der Waals surface area contributed by atoms with Gasteiger partial charge in [0.05, 0.1) is 0 Å². The molecular weight excluding hydrogens is 250 g/mol. The van der Waals surface area contributed by atoms with Gasteiger partial charge in [0.2, 0.25) is 5.91 Å². The first-order chi connectivity index (χ1) is 9.78. The molecule has 20 heavy (non-hydrogen) atoms. The van der Waals surface area contributed by atoms with Gasteiger partial charge in [-0.05, 0) is 55.4 Å². The van der Waals surface area contributed by atoms with Crippen molar-refractivity contribution in [3.8, 4) is 0 Å². The molecule has 1 aliphatic heterocycles. The summed E-state index contributed by atoms with van der Waals surface area (Å²) in [6, 6.07) is 1.79. The van der Waals surface area contributed by atoms with Crippen molar-refractivity contribution in [3.05, 3.63) is 18.5 Å². The number of carbonyl (C=O) groups is 1. The predicted octanol–water partition coefficient (Wildman–Crippen LogP) is 2.34. The van der Waals surface area contributed by atoms with Crippen LogP contribution < -0.4 is 0 Å². The van der Waals surface area contributed by atoms with E-state index in [4.69, 9.17) is 0 Å². The fraction of sp³-hybridized carbons (Fsp3) is 0.750. The number of hydrogen-bond donors (Lipinski definition) is 0. The summed E-state index contributed by atoms with van der Waals surface area (Å²) in [5.74, 6) is 3.70. The van der Waals surface area contributed by atoms with Gasteiger partial charge in [-0.2, -0.15) is 5.10 Å². The van der Waals surface area contributed by atoms with Crippen LogP contribution >= 0.6 is 0 Å². The Bertz CT molecular complexity index is 480. The molecule has 4 rings (SSSR count). The van der Waals surface area contributed by atoms with Crippen LogP contribution in [0.25, 0.3) is 0 Å². The summed E-state index contributed by atoms with van der Waals surface area (Å²) in [4.78, 5) is 14.9. The maximum absolute atomic E-state index is 12.8. The zero-order valence-corrected chi connectivity index (χ0v) is 12.1. The molecule has 3 fully saturated rings. The third kappa shape index (κ3) is 1.73. The second kappa shape index (κ2) is 4.61. The summed E-state index contributed by atoms with van der Waals surface area (Å²) >= 11 is 0. The molecule has 2 bridgehead atoms. The van der Waals surface area contributed by atoms with Gasteiger partial charge in [-0.1, -0.05) is 6.92 Å². The molecule has 0 N–H and O–H groups in total. The van der Waals surface area contributed by atoms with Gasteiger partial charge in [-0.15, -0.1) is 0 Å². The smallest absolute Gasteiger partial charge is 0.247 e. The van der Waals surface area contributed by atoms with Crippen LogP contribution in [0.3, 0.4) is 0 Å². The van der Waals surface area contributed by atoms with E-state index < -0.39 is 0 Å². The van der Waals surface area contributed by atoms with E-state index in [9.17, 15) is 4.79 Å². The molecule has 5 atom stereocenters. The number of carbonyl (C=O) groups excluding carboxylic acids is 1. The Labute approximate surface area is 120 Å². The average Bonchev–Trinajstić information content (AvgIpc) is 3.21. The molecule has 3 aliphatic rings. The van der Waals surface area contributed by atoms with Crippen LogP contribution in [0.4, 0.5) is 0 Å². The van der Waals surface area contributed by atoms with Crippen LogP contribution in [0, 0.1) is 23.7 Å². The molecule has 2 heterocycles. The summed E-state index contributed by atoms with van der Waals surface area (Å²) in [5.41, 5.74) is 0. The van der Waals surface area contributed by atoms with Crippen LogP contribution in [-0.4, -0.2) is 33.7 Å².